The molecule has 2 aromatic rings. The lowest BCUT2D eigenvalue weighted by molar-refractivity contribution is 0.0598. The van der Waals surface area contributed by atoms with Crippen LogP contribution in [0.1, 0.15) is 20.7 Å². The first-order chi connectivity index (χ1) is 8.19. The third-order valence-electron chi connectivity index (χ3n) is 2.56. The Balaban J connectivity index is 2.87. The second-order valence-electron chi connectivity index (χ2n) is 3.47. The molecule has 0 spiro atoms. The molecule has 0 atom stereocenters. The number of carbonyl (C=O) groups excluding carboxylic acids is 2. The van der Waals surface area contributed by atoms with E-state index in [0.717, 1.165) is 15.2 Å². The number of esters is 1. The van der Waals surface area contributed by atoms with Crippen LogP contribution in [-0.4, -0.2) is 19.4 Å². The average molecular weight is 293 g/mol. The minimum Gasteiger partial charge on any atom is -0.465 e. The number of halogens is 1. The van der Waals surface area contributed by atoms with Crippen molar-refractivity contribution in [1.82, 2.24) is 0 Å². The second kappa shape index (κ2) is 4.67. The summed E-state index contributed by atoms with van der Waals surface area (Å²) in [5, 5.41) is 1.62. The van der Waals surface area contributed by atoms with Gasteiger partial charge in [0.25, 0.3) is 0 Å². The van der Waals surface area contributed by atoms with E-state index >= 15 is 0 Å². The summed E-state index contributed by atoms with van der Waals surface area (Å²) in [6.07, 6.45) is 0.682. The van der Waals surface area contributed by atoms with Crippen molar-refractivity contribution in [3.63, 3.8) is 0 Å². The Morgan fingerprint density at radius 2 is 1.94 bits per heavy atom. The minimum absolute atomic E-state index is 0.271. The van der Waals surface area contributed by atoms with Crippen molar-refractivity contribution in [3.8, 4) is 0 Å². The Morgan fingerprint density at radius 1 is 1.29 bits per heavy atom. The molecule has 3 nitrogen and oxygen atoms in total. The number of methoxy groups -OCH3 is 1. The number of carbonyl (C=O) groups is 2. The van der Waals surface area contributed by atoms with Gasteiger partial charge in [-0.05, 0) is 16.8 Å². The summed E-state index contributed by atoms with van der Waals surface area (Å²) in [4.78, 5) is 22.7. The first-order valence-corrected chi connectivity index (χ1v) is 5.73. The van der Waals surface area contributed by atoms with Crippen LogP contribution in [0.15, 0.2) is 34.8 Å². The normalized spacial score (nSPS) is 10.2. The summed E-state index contributed by atoms with van der Waals surface area (Å²) in [7, 11) is 1.29. The van der Waals surface area contributed by atoms with Crippen molar-refractivity contribution in [2.24, 2.45) is 0 Å². The number of rotatable bonds is 2. The molecule has 0 fully saturated rings. The molecule has 0 aliphatic rings. The van der Waals surface area contributed by atoms with E-state index in [0.29, 0.717) is 11.8 Å². The molecular formula is C13H9BrO3. The summed E-state index contributed by atoms with van der Waals surface area (Å²) < 4.78 is 5.43. The van der Waals surface area contributed by atoms with Gasteiger partial charge in [0.2, 0.25) is 0 Å². The zero-order chi connectivity index (χ0) is 12.4. The van der Waals surface area contributed by atoms with Crippen LogP contribution in [0.4, 0.5) is 0 Å². The molecule has 2 aromatic carbocycles. The molecule has 0 aromatic heterocycles. The fourth-order valence-corrected chi connectivity index (χ4v) is 2.33. The van der Waals surface area contributed by atoms with Crippen molar-refractivity contribution in [1.29, 1.82) is 0 Å². The van der Waals surface area contributed by atoms with Gasteiger partial charge in [0.15, 0.2) is 6.29 Å². The highest BCUT2D eigenvalue weighted by Crippen LogP contribution is 2.29. The van der Waals surface area contributed by atoms with Gasteiger partial charge in [-0.1, -0.05) is 40.2 Å². The highest BCUT2D eigenvalue weighted by Gasteiger charge is 2.16. The van der Waals surface area contributed by atoms with Crippen LogP contribution < -0.4 is 0 Å². The number of ether oxygens (including phenoxy) is 1. The molecule has 0 aliphatic carbocycles. The lowest BCUT2D eigenvalue weighted by Gasteiger charge is -2.08. The van der Waals surface area contributed by atoms with Gasteiger partial charge in [-0.25, -0.2) is 4.79 Å². The summed E-state index contributed by atoms with van der Waals surface area (Å²) in [5.74, 6) is -0.515. The van der Waals surface area contributed by atoms with E-state index in [-0.39, 0.29) is 5.56 Å². The first kappa shape index (κ1) is 11.8. The lowest BCUT2D eigenvalue weighted by atomic mass is 10.00. The lowest BCUT2D eigenvalue weighted by Crippen LogP contribution is -2.06. The largest absolute Gasteiger partial charge is 0.465 e. The fraction of sp³-hybridized carbons (Fsp3) is 0.0769. The van der Waals surface area contributed by atoms with E-state index in [2.05, 4.69) is 20.7 Å². The number of benzene rings is 2. The van der Waals surface area contributed by atoms with Gasteiger partial charge in [0, 0.05) is 10.0 Å². The van der Waals surface area contributed by atoms with Crippen molar-refractivity contribution in [3.05, 3.63) is 45.9 Å². The molecule has 86 valence electrons. The Morgan fingerprint density at radius 3 is 2.53 bits per heavy atom. The molecule has 0 saturated heterocycles. The standard InChI is InChI=1S/C13H9BrO3/c1-17-13(16)10-6-12(14)9-5-3-2-4-8(9)11(10)7-15/h2-7H,1H3. The third kappa shape index (κ3) is 1.96. The smallest absolute Gasteiger partial charge is 0.338 e. The van der Waals surface area contributed by atoms with Crippen molar-refractivity contribution in [2.75, 3.05) is 7.11 Å². The van der Waals surface area contributed by atoms with Crippen molar-refractivity contribution >= 4 is 39.0 Å². The van der Waals surface area contributed by atoms with Gasteiger partial charge in [0.1, 0.15) is 0 Å². The Kier molecular flexibility index (Phi) is 3.24. The molecule has 4 heteroatoms. The van der Waals surface area contributed by atoms with Gasteiger partial charge in [-0.15, -0.1) is 0 Å². The quantitative estimate of drug-likeness (QED) is 0.631. The van der Waals surface area contributed by atoms with E-state index in [4.69, 9.17) is 0 Å². The van der Waals surface area contributed by atoms with Crippen LogP contribution in [0.5, 0.6) is 0 Å². The summed E-state index contributed by atoms with van der Waals surface area (Å²) in [6, 6.07) is 8.99. The Hall–Kier alpha value is -1.68. The van der Waals surface area contributed by atoms with Crippen LogP contribution in [0.3, 0.4) is 0 Å². The molecule has 0 amide bonds. The molecule has 0 saturated carbocycles. The van der Waals surface area contributed by atoms with Gasteiger partial charge in [-0.2, -0.15) is 0 Å². The van der Waals surface area contributed by atoms with Gasteiger partial charge >= 0.3 is 5.97 Å². The third-order valence-corrected chi connectivity index (χ3v) is 3.22. The Bertz CT molecular complexity index is 605. The second-order valence-corrected chi connectivity index (χ2v) is 4.33. The molecule has 17 heavy (non-hydrogen) atoms. The molecular weight excluding hydrogens is 284 g/mol. The van der Waals surface area contributed by atoms with E-state index in [1.54, 1.807) is 12.1 Å². The first-order valence-electron chi connectivity index (χ1n) is 4.93. The summed E-state index contributed by atoms with van der Waals surface area (Å²) in [6.45, 7) is 0. The maximum Gasteiger partial charge on any atom is 0.338 e. The number of hydrogen-bond donors (Lipinski definition) is 0. The number of hydrogen-bond acceptors (Lipinski definition) is 3. The van der Waals surface area contributed by atoms with Gasteiger partial charge in [-0.3, -0.25) is 4.79 Å². The zero-order valence-electron chi connectivity index (χ0n) is 9.07. The molecule has 0 N–H and O–H groups in total. The minimum atomic E-state index is -0.515. The summed E-state index contributed by atoms with van der Waals surface area (Å²) in [5.41, 5.74) is 0.628. The molecule has 0 radical (unpaired) electrons. The molecule has 0 aliphatic heterocycles. The molecule has 0 unspecified atom stereocenters. The maximum atomic E-state index is 11.6. The van der Waals surface area contributed by atoms with E-state index in [1.165, 1.54) is 7.11 Å². The number of fused-ring (bicyclic) bond motifs is 1. The van der Waals surface area contributed by atoms with Crippen LogP contribution in [-0.2, 0) is 4.74 Å². The van der Waals surface area contributed by atoms with E-state index in [1.807, 2.05) is 18.2 Å². The average Bonchev–Trinajstić information content (AvgIpc) is 2.38. The van der Waals surface area contributed by atoms with Crippen LogP contribution in [0.2, 0.25) is 0 Å². The van der Waals surface area contributed by atoms with Gasteiger partial charge < -0.3 is 4.74 Å². The van der Waals surface area contributed by atoms with E-state index < -0.39 is 5.97 Å². The predicted octanol–water partition coefficient (Wildman–Crippen LogP) is 3.20. The van der Waals surface area contributed by atoms with Gasteiger partial charge in [0.05, 0.1) is 12.7 Å². The Labute approximate surface area is 107 Å². The van der Waals surface area contributed by atoms with Crippen LogP contribution in [0, 0.1) is 0 Å². The zero-order valence-corrected chi connectivity index (χ0v) is 10.7. The molecule has 2 rings (SSSR count). The highest BCUT2D eigenvalue weighted by molar-refractivity contribution is 9.10. The van der Waals surface area contributed by atoms with Crippen LogP contribution in [0.25, 0.3) is 10.8 Å². The maximum absolute atomic E-state index is 11.6. The van der Waals surface area contributed by atoms with Crippen molar-refractivity contribution in [2.45, 2.75) is 0 Å². The van der Waals surface area contributed by atoms with E-state index in [9.17, 15) is 9.59 Å². The van der Waals surface area contributed by atoms with Crippen LogP contribution >= 0.6 is 15.9 Å². The monoisotopic (exact) mass is 292 g/mol. The SMILES string of the molecule is COC(=O)c1cc(Br)c2ccccc2c1C=O. The number of aldehydes is 1. The summed E-state index contributed by atoms with van der Waals surface area (Å²) >= 11 is 3.38. The highest BCUT2D eigenvalue weighted by atomic mass is 79.9. The fourth-order valence-electron chi connectivity index (χ4n) is 1.76. The topological polar surface area (TPSA) is 43.4 Å². The molecule has 0 bridgehead atoms. The predicted molar refractivity (Wildman–Crippen MR) is 68.4 cm³/mol. The molecule has 0 heterocycles. The van der Waals surface area contributed by atoms with Crippen molar-refractivity contribution < 1.29 is 14.3 Å².